The molecule has 140 valence electrons. The Morgan fingerprint density at radius 3 is 2.33 bits per heavy atom. The summed E-state index contributed by atoms with van der Waals surface area (Å²) in [7, 11) is 0. The van der Waals surface area contributed by atoms with Gasteiger partial charge in [0, 0.05) is 58.0 Å². The van der Waals surface area contributed by atoms with Crippen LogP contribution in [-0.4, -0.2) is 57.9 Å². The van der Waals surface area contributed by atoms with Crippen LogP contribution < -0.4 is 0 Å². The minimum absolute atomic E-state index is 0.0599. The van der Waals surface area contributed by atoms with Crippen LogP contribution >= 0.6 is 0 Å². The van der Waals surface area contributed by atoms with Gasteiger partial charge in [0.2, 0.25) is 11.8 Å². The van der Waals surface area contributed by atoms with E-state index in [0.717, 1.165) is 25.2 Å². The van der Waals surface area contributed by atoms with E-state index in [1.165, 1.54) is 21.7 Å². The van der Waals surface area contributed by atoms with Gasteiger partial charge < -0.3 is 0 Å². The molecule has 2 aromatic rings. The van der Waals surface area contributed by atoms with Gasteiger partial charge in [-0.15, -0.1) is 0 Å². The molecule has 0 radical (unpaired) electrons. The maximum atomic E-state index is 11.9. The molecule has 0 aliphatic carbocycles. The number of carbonyl (C=O) groups excluding carboxylic acids is 2. The molecule has 3 heterocycles. The number of amides is 2. The van der Waals surface area contributed by atoms with Crippen LogP contribution in [0.4, 0.5) is 0 Å². The van der Waals surface area contributed by atoms with Gasteiger partial charge in [-0.05, 0) is 35.2 Å². The van der Waals surface area contributed by atoms with Crippen molar-refractivity contribution < 1.29 is 9.59 Å². The predicted octanol–water partition coefficient (Wildman–Crippen LogP) is 2.24. The molecule has 2 aliphatic rings. The SMILES string of the molecule is Cc1cc(-c2cccnc2)ccc1CN1CCN(N2C(=O)CCC2=O)CC1. The number of rotatable bonds is 4. The predicted molar refractivity (Wildman–Crippen MR) is 102 cm³/mol. The zero-order valence-electron chi connectivity index (χ0n) is 15.6. The zero-order chi connectivity index (χ0) is 18.8. The van der Waals surface area contributed by atoms with Gasteiger partial charge in [-0.2, -0.15) is 0 Å². The number of aryl methyl sites for hydroxylation is 1. The number of benzene rings is 1. The van der Waals surface area contributed by atoms with Crippen molar-refractivity contribution in [3.05, 3.63) is 53.9 Å². The van der Waals surface area contributed by atoms with E-state index in [0.29, 0.717) is 25.9 Å². The molecule has 0 atom stereocenters. The second-order valence-electron chi connectivity index (χ2n) is 7.21. The van der Waals surface area contributed by atoms with Crippen molar-refractivity contribution in [1.29, 1.82) is 0 Å². The third kappa shape index (κ3) is 3.77. The number of imide groups is 1. The van der Waals surface area contributed by atoms with Gasteiger partial charge in [-0.3, -0.25) is 19.5 Å². The molecule has 6 nitrogen and oxygen atoms in total. The lowest BCUT2D eigenvalue weighted by Crippen LogP contribution is -2.55. The lowest BCUT2D eigenvalue weighted by molar-refractivity contribution is -0.160. The highest BCUT2D eigenvalue weighted by molar-refractivity contribution is 6.01. The summed E-state index contributed by atoms with van der Waals surface area (Å²) >= 11 is 0. The molecule has 0 spiro atoms. The third-order valence-electron chi connectivity index (χ3n) is 5.39. The number of hydrazine groups is 1. The van der Waals surface area contributed by atoms with E-state index < -0.39 is 0 Å². The molecule has 2 fully saturated rings. The van der Waals surface area contributed by atoms with E-state index in [1.807, 2.05) is 17.3 Å². The summed E-state index contributed by atoms with van der Waals surface area (Å²) in [5.41, 5.74) is 4.88. The Morgan fingerprint density at radius 1 is 0.963 bits per heavy atom. The number of aromatic nitrogens is 1. The van der Waals surface area contributed by atoms with Crippen LogP contribution in [0.3, 0.4) is 0 Å². The molecule has 0 N–H and O–H groups in total. The first-order valence-electron chi connectivity index (χ1n) is 9.45. The van der Waals surface area contributed by atoms with Gasteiger partial charge >= 0.3 is 0 Å². The topological polar surface area (TPSA) is 56.8 Å². The normalized spacial score (nSPS) is 19.1. The summed E-state index contributed by atoms with van der Waals surface area (Å²) in [4.78, 5) is 30.4. The Balaban J connectivity index is 1.38. The Hall–Kier alpha value is -2.57. The monoisotopic (exact) mass is 364 g/mol. The minimum Gasteiger partial charge on any atom is -0.296 e. The second kappa shape index (κ2) is 7.58. The zero-order valence-corrected chi connectivity index (χ0v) is 15.6. The first-order valence-corrected chi connectivity index (χ1v) is 9.45. The molecule has 2 amide bonds. The molecule has 2 saturated heterocycles. The summed E-state index contributed by atoms with van der Waals surface area (Å²) in [5, 5.41) is 3.28. The molecule has 6 heteroatoms. The van der Waals surface area contributed by atoms with Crippen LogP contribution in [0.1, 0.15) is 24.0 Å². The Morgan fingerprint density at radius 2 is 1.70 bits per heavy atom. The third-order valence-corrected chi connectivity index (χ3v) is 5.39. The van der Waals surface area contributed by atoms with Crippen LogP contribution in [0.2, 0.25) is 0 Å². The average Bonchev–Trinajstić information content (AvgIpc) is 3.03. The van der Waals surface area contributed by atoms with Crippen LogP contribution in [0.25, 0.3) is 11.1 Å². The summed E-state index contributed by atoms with van der Waals surface area (Å²) < 4.78 is 0. The standard InChI is InChI=1S/C21H24N4O2/c1-16-13-17(18-3-2-8-22-14-18)4-5-19(16)15-23-9-11-24(12-10-23)25-20(26)6-7-21(25)27/h2-5,8,13-14H,6-7,9-12,15H2,1H3. The fraction of sp³-hybridized carbons (Fsp3) is 0.381. The van der Waals surface area contributed by atoms with Crippen molar-refractivity contribution in [3.8, 4) is 11.1 Å². The van der Waals surface area contributed by atoms with Crippen molar-refractivity contribution in [2.45, 2.75) is 26.3 Å². The fourth-order valence-corrected chi connectivity index (χ4v) is 3.80. The van der Waals surface area contributed by atoms with E-state index >= 15 is 0 Å². The fourth-order valence-electron chi connectivity index (χ4n) is 3.80. The number of nitrogens with zero attached hydrogens (tertiary/aromatic N) is 4. The van der Waals surface area contributed by atoms with E-state index in [-0.39, 0.29) is 11.8 Å². The molecule has 0 saturated carbocycles. The first-order chi connectivity index (χ1) is 13.1. The molecule has 1 aromatic carbocycles. The van der Waals surface area contributed by atoms with Crippen molar-refractivity contribution in [3.63, 3.8) is 0 Å². The lowest BCUT2D eigenvalue weighted by Gasteiger charge is -2.38. The highest BCUT2D eigenvalue weighted by atomic mass is 16.2. The summed E-state index contributed by atoms with van der Waals surface area (Å²) in [5.74, 6) is -0.120. The number of hydrogen-bond donors (Lipinski definition) is 0. The maximum absolute atomic E-state index is 11.9. The highest BCUT2D eigenvalue weighted by Gasteiger charge is 2.35. The van der Waals surface area contributed by atoms with Crippen molar-refractivity contribution >= 4 is 11.8 Å². The summed E-state index contributed by atoms with van der Waals surface area (Å²) in [6.07, 6.45) is 4.37. The van der Waals surface area contributed by atoms with Gasteiger partial charge in [0.25, 0.3) is 0 Å². The van der Waals surface area contributed by atoms with Gasteiger partial charge in [0.1, 0.15) is 0 Å². The summed E-state index contributed by atoms with van der Waals surface area (Å²) in [6.45, 7) is 6.15. The lowest BCUT2D eigenvalue weighted by atomic mass is 10.0. The molecule has 1 aromatic heterocycles. The Labute approximate surface area is 159 Å². The van der Waals surface area contributed by atoms with E-state index in [9.17, 15) is 9.59 Å². The minimum atomic E-state index is -0.0599. The Kier molecular flexibility index (Phi) is 5.01. The largest absolute Gasteiger partial charge is 0.296 e. The van der Waals surface area contributed by atoms with Gasteiger partial charge in [-0.1, -0.05) is 24.3 Å². The first kappa shape index (κ1) is 17.8. The molecule has 2 aliphatic heterocycles. The van der Waals surface area contributed by atoms with Crippen LogP contribution in [0.5, 0.6) is 0 Å². The Bertz CT molecular complexity index is 829. The average molecular weight is 364 g/mol. The van der Waals surface area contributed by atoms with E-state index in [1.54, 1.807) is 6.20 Å². The van der Waals surface area contributed by atoms with Crippen molar-refractivity contribution in [2.75, 3.05) is 26.2 Å². The van der Waals surface area contributed by atoms with E-state index in [2.05, 4.69) is 41.1 Å². The van der Waals surface area contributed by atoms with Crippen LogP contribution in [0, 0.1) is 6.92 Å². The number of piperazine rings is 1. The molecule has 0 unspecified atom stereocenters. The van der Waals surface area contributed by atoms with Gasteiger partial charge in [-0.25, -0.2) is 10.0 Å². The number of pyridine rings is 1. The molecule has 4 rings (SSSR count). The van der Waals surface area contributed by atoms with Crippen molar-refractivity contribution in [2.24, 2.45) is 0 Å². The second-order valence-corrected chi connectivity index (χ2v) is 7.21. The van der Waals surface area contributed by atoms with Gasteiger partial charge in [0.05, 0.1) is 0 Å². The van der Waals surface area contributed by atoms with Crippen molar-refractivity contribution in [1.82, 2.24) is 19.9 Å². The number of carbonyl (C=O) groups is 2. The van der Waals surface area contributed by atoms with E-state index in [4.69, 9.17) is 0 Å². The molecular weight excluding hydrogens is 340 g/mol. The highest BCUT2D eigenvalue weighted by Crippen LogP contribution is 2.23. The van der Waals surface area contributed by atoms with Crippen LogP contribution in [0.15, 0.2) is 42.7 Å². The molecular formula is C21H24N4O2. The van der Waals surface area contributed by atoms with Gasteiger partial charge in [0.15, 0.2) is 0 Å². The number of hydrogen-bond acceptors (Lipinski definition) is 5. The smallest absolute Gasteiger partial charge is 0.244 e. The molecule has 27 heavy (non-hydrogen) atoms. The molecule has 0 bridgehead atoms. The summed E-state index contributed by atoms with van der Waals surface area (Å²) in [6, 6.07) is 10.6. The van der Waals surface area contributed by atoms with Crippen LogP contribution in [-0.2, 0) is 16.1 Å². The quantitative estimate of drug-likeness (QED) is 0.779. The maximum Gasteiger partial charge on any atom is 0.244 e.